The third-order valence-electron chi connectivity index (χ3n) is 3.16. The Morgan fingerprint density at radius 2 is 2.12 bits per heavy atom. The van der Waals surface area contributed by atoms with Gasteiger partial charge in [-0.05, 0) is 25.3 Å². The van der Waals surface area contributed by atoms with Crippen LogP contribution in [0.4, 0.5) is 0 Å². The average Bonchev–Trinajstić information content (AvgIpc) is 2.61. The minimum absolute atomic E-state index is 0.301. The molecule has 1 rings (SSSR count). The van der Waals surface area contributed by atoms with Crippen LogP contribution in [0.3, 0.4) is 0 Å². The van der Waals surface area contributed by atoms with Crippen molar-refractivity contribution in [3.05, 3.63) is 16.9 Å². The third kappa shape index (κ3) is 3.71. The number of hydrogen-bond acceptors (Lipinski definition) is 2. The average molecular weight is 258 g/mol. The molecule has 0 aromatic carbocycles. The van der Waals surface area contributed by atoms with E-state index in [1.165, 1.54) is 12.8 Å². The van der Waals surface area contributed by atoms with E-state index < -0.39 is 0 Å². The summed E-state index contributed by atoms with van der Waals surface area (Å²) >= 11 is 6.24. The van der Waals surface area contributed by atoms with Crippen LogP contribution in [0.25, 0.3) is 0 Å². The molecule has 0 radical (unpaired) electrons. The maximum Gasteiger partial charge on any atom is 0.0834 e. The van der Waals surface area contributed by atoms with Crippen LogP contribution in [0.1, 0.15) is 51.8 Å². The molecule has 98 valence electrons. The first kappa shape index (κ1) is 14.5. The first-order valence-electron chi connectivity index (χ1n) is 6.52. The third-order valence-corrected chi connectivity index (χ3v) is 3.45. The molecular weight excluding hydrogens is 234 g/mol. The van der Waals surface area contributed by atoms with Crippen molar-refractivity contribution in [3.63, 3.8) is 0 Å². The molecule has 0 aliphatic heterocycles. The van der Waals surface area contributed by atoms with E-state index in [4.69, 9.17) is 11.6 Å². The molecule has 0 spiro atoms. The molecule has 0 bridgehead atoms. The minimum Gasteiger partial charge on any atom is -0.308 e. The van der Waals surface area contributed by atoms with Crippen molar-refractivity contribution in [1.29, 1.82) is 0 Å². The first-order valence-corrected chi connectivity index (χ1v) is 6.90. The SMILES string of the molecule is CCCNC(c1c(Cl)cnn1C)C(C)CCC. The van der Waals surface area contributed by atoms with Crippen LogP contribution in [0, 0.1) is 5.92 Å². The van der Waals surface area contributed by atoms with E-state index in [1.807, 2.05) is 11.7 Å². The van der Waals surface area contributed by atoms with Gasteiger partial charge in [0.1, 0.15) is 0 Å². The van der Waals surface area contributed by atoms with Gasteiger partial charge in [0.25, 0.3) is 0 Å². The summed E-state index contributed by atoms with van der Waals surface area (Å²) in [5, 5.41) is 8.59. The molecule has 0 aliphatic carbocycles. The summed E-state index contributed by atoms with van der Waals surface area (Å²) in [5.41, 5.74) is 1.11. The highest BCUT2D eigenvalue weighted by Gasteiger charge is 2.23. The Labute approximate surface area is 110 Å². The minimum atomic E-state index is 0.301. The summed E-state index contributed by atoms with van der Waals surface area (Å²) in [5.74, 6) is 0.569. The molecule has 2 unspecified atom stereocenters. The monoisotopic (exact) mass is 257 g/mol. The molecule has 0 fully saturated rings. The van der Waals surface area contributed by atoms with E-state index in [1.54, 1.807) is 6.20 Å². The van der Waals surface area contributed by atoms with Crippen molar-refractivity contribution in [1.82, 2.24) is 15.1 Å². The molecule has 0 amide bonds. The summed E-state index contributed by atoms with van der Waals surface area (Å²) in [6.45, 7) is 7.69. The summed E-state index contributed by atoms with van der Waals surface area (Å²) in [6.07, 6.45) is 5.25. The van der Waals surface area contributed by atoms with Gasteiger partial charge in [-0.1, -0.05) is 38.8 Å². The fourth-order valence-corrected chi connectivity index (χ4v) is 2.54. The van der Waals surface area contributed by atoms with E-state index in [2.05, 4.69) is 31.2 Å². The van der Waals surface area contributed by atoms with Crippen LogP contribution in [-0.2, 0) is 7.05 Å². The highest BCUT2D eigenvalue weighted by atomic mass is 35.5. The molecular formula is C13H24ClN3. The summed E-state index contributed by atoms with van der Waals surface area (Å²) in [4.78, 5) is 0. The topological polar surface area (TPSA) is 29.9 Å². The summed E-state index contributed by atoms with van der Waals surface area (Å²) in [7, 11) is 1.96. The van der Waals surface area contributed by atoms with Crippen LogP contribution in [0.2, 0.25) is 5.02 Å². The Hall–Kier alpha value is -0.540. The van der Waals surface area contributed by atoms with Gasteiger partial charge in [0.2, 0.25) is 0 Å². The molecule has 4 heteroatoms. The van der Waals surface area contributed by atoms with Crippen LogP contribution in [0.5, 0.6) is 0 Å². The van der Waals surface area contributed by atoms with Gasteiger partial charge in [0.05, 0.1) is 23.0 Å². The maximum atomic E-state index is 6.24. The molecule has 3 nitrogen and oxygen atoms in total. The second kappa shape index (κ2) is 7.02. The molecule has 1 aromatic rings. The molecule has 17 heavy (non-hydrogen) atoms. The predicted octanol–water partition coefficient (Wildman–Crippen LogP) is 3.55. The largest absolute Gasteiger partial charge is 0.308 e. The van der Waals surface area contributed by atoms with Gasteiger partial charge in [-0.15, -0.1) is 0 Å². The van der Waals surface area contributed by atoms with Gasteiger partial charge in [0, 0.05) is 7.05 Å². The number of aryl methyl sites for hydroxylation is 1. The van der Waals surface area contributed by atoms with Crippen molar-refractivity contribution in [2.75, 3.05) is 6.54 Å². The highest BCUT2D eigenvalue weighted by molar-refractivity contribution is 6.31. The second-order valence-electron chi connectivity index (χ2n) is 4.70. The van der Waals surface area contributed by atoms with Gasteiger partial charge < -0.3 is 5.32 Å². The molecule has 2 atom stereocenters. The number of nitrogens with zero attached hydrogens (tertiary/aromatic N) is 2. The summed E-state index contributed by atoms with van der Waals surface area (Å²) in [6, 6.07) is 0.301. The number of rotatable bonds is 7. The van der Waals surface area contributed by atoms with E-state index >= 15 is 0 Å². The van der Waals surface area contributed by atoms with Crippen LogP contribution >= 0.6 is 11.6 Å². The van der Waals surface area contributed by atoms with E-state index in [0.29, 0.717) is 12.0 Å². The Balaban J connectivity index is 2.89. The lowest BCUT2D eigenvalue weighted by molar-refractivity contribution is 0.347. The zero-order chi connectivity index (χ0) is 12.8. The van der Waals surface area contributed by atoms with Gasteiger partial charge in [-0.25, -0.2) is 0 Å². The Morgan fingerprint density at radius 1 is 1.41 bits per heavy atom. The second-order valence-corrected chi connectivity index (χ2v) is 5.11. The highest BCUT2D eigenvalue weighted by Crippen LogP contribution is 2.30. The van der Waals surface area contributed by atoms with Crippen molar-refractivity contribution in [2.45, 2.75) is 46.1 Å². The van der Waals surface area contributed by atoms with Crippen LogP contribution in [-0.4, -0.2) is 16.3 Å². The Kier molecular flexibility index (Phi) is 6.00. The predicted molar refractivity (Wildman–Crippen MR) is 73.3 cm³/mol. The standard InChI is InChI=1S/C13H24ClN3/c1-5-7-10(3)12(15-8-6-2)13-11(14)9-16-17(13)4/h9-10,12,15H,5-8H2,1-4H3. The number of nitrogens with one attached hydrogen (secondary N) is 1. The van der Waals surface area contributed by atoms with E-state index in [-0.39, 0.29) is 0 Å². The maximum absolute atomic E-state index is 6.24. The normalized spacial score (nSPS) is 14.9. The van der Waals surface area contributed by atoms with Crippen molar-refractivity contribution in [2.24, 2.45) is 13.0 Å². The number of aromatic nitrogens is 2. The van der Waals surface area contributed by atoms with Crippen molar-refractivity contribution >= 4 is 11.6 Å². The zero-order valence-electron chi connectivity index (χ0n) is 11.3. The fraction of sp³-hybridized carbons (Fsp3) is 0.769. The zero-order valence-corrected chi connectivity index (χ0v) is 12.1. The first-order chi connectivity index (χ1) is 8.11. The van der Waals surface area contributed by atoms with Crippen molar-refractivity contribution in [3.8, 4) is 0 Å². The lowest BCUT2D eigenvalue weighted by atomic mass is 9.94. The summed E-state index contributed by atoms with van der Waals surface area (Å²) < 4.78 is 1.89. The van der Waals surface area contributed by atoms with Gasteiger partial charge in [0.15, 0.2) is 0 Å². The number of hydrogen-bond donors (Lipinski definition) is 1. The van der Waals surface area contributed by atoms with Gasteiger partial charge in [-0.2, -0.15) is 5.10 Å². The Bertz CT molecular complexity index is 316. The molecule has 1 aromatic heterocycles. The van der Waals surface area contributed by atoms with Crippen LogP contribution in [0.15, 0.2) is 6.20 Å². The van der Waals surface area contributed by atoms with E-state index in [9.17, 15) is 0 Å². The number of halogens is 1. The van der Waals surface area contributed by atoms with Gasteiger partial charge >= 0.3 is 0 Å². The quantitative estimate of drug-likeness (QED) is 0.810. The van der Waals surface area contributed by atoms with E-state index in [0.717, 1.165) is 23.7 Å². The smallest absolute Gasteiger partial charge is 0.0834 e. The lowest BCUT2D eigenvalue weighted by Crippen LogP contribution is -2.29. The Morgan fingerprint density at radius 3 is 2.59 bits per heavy atom. The van der Waals surface area contributed by atoms with Crippen molar-refractivity contribution < 1.29 is 0 Å². The van der Waals surface area contributed by atoms with Crippen LogP contribution < -0.4 is 5.32 Å². The molecule has 0 saturated heterocycles. The molecule has 0 saturated carbocycles. The fourth-order valence-electron chi connectivity index (χ4n) is 2.26. The molecule has 0 aliphatic rings. The molecule has 1 heterocycles. The lowest BCUT2D eigenvalue weighted by Gasteiger charge is -2.25. The molecule has 1 N–H and O–H groups in total. The van der Waals surface area contributed by atoms with Gasteiger partial charge in [-0.3, -0.25) is 4.68 Å².